The maximum Gasteiger partial charge on any atom is 0.309 e. The summed E-state index contributed by atoms with van der Waals surface area (Å²) < 4.78 is 15.7. The number of ether oxygens (including phenoxy) is 3. The van der Waals surface area contributed by atoms with Gasteiger partial charge in [-0.25, -0.2) is 0 Å². The van der Waals surface area contributed by atoms with E-state index in [9.17, 15) is 15.0 Å². The van der Waals surface area contributed by atoms with E-state index in [1.54, 1.807) is 30.3 Å². The fraction of sp³-hybridized carbons (Fsp3) is 0.381. The zero-order valence-corrected chi connectivity index (χ0v) is 15.7. The maximum atomic E-state index is 12.4. The lowest BCUT2D eigenvalue weighted by Crippen LogP contribution is -2.31. The lowest BCUT2D eigenvalue weighted by atomic mass is 9.72. The highest BCUT2D eigenvalue weighted by molar-refractivity contribution is 5.76. The first-order chi connectivity index (χ1) is 12.9. The van der Waals surface area contributed by atoms with E-state index in [4.69, 9.17) is 14.2 Å². The summed E-state index contributed by atoms with van der Waals surface area (Å²) in [7, 11) is 2.99. The highest BCUT2D eigenvalue weighted by Gasteiger charge is 2.46. The Kier molecular flexibility index (Phi) is 5.17. The van der Waals surface area contributed by atoms with Crippen LogP contribution in [0.25, 0.3) is 0 Å². The van der Waals surface area contributed by atoms with Crippen molar-refractivity contribution in [2.75, 3.05) is 20.8 Å². The molecule has 1 saturated heterocycles. The van der Waals surface area contributed by atoms with Gasteiger partial charge in [0.05, 0.1) is 26.7 Å². The predicted molar refractivity (Wildman–Crippen MR) is 99.3 cm³/mol. The van der Waals surface area contributed by atoms with Crippen molar-refractivity contribution >= 4 is 5.97 Å². The summed E-state index contributed by atoms with van der Waals surface area (Å²) in [6.45, 7) is 2.36. The molecule has 27 heavy (non-hydrogen) atoms. The van der Waals surface area contributed by atoms with Gasteiger partial charge in [0.1, 0.15) is 0 Å². The molecule has 2 N–H and O–H groups in total. The van der Waals surface area contributed by atoms with E-state index in [1.165, 1.54) is 14.2 Å². The molecule has 2 aromatic rings. The molecule has 2 aromatic carbocycles. The molecule has 0 saturated carbocycles. The van der Waals surface area contributed by atoms with Crippen molar-refractivity contribution in [3.05, 3.63) is 47.5 Å². The Labute approximate surface area is 158 Å². The topological polar surface area (TPSA) is 85.2 Å². The van der Waals surface area contributed by atoms with Crippen LogP contribution < -0.4 is 9.47 Å². The van der Waals surface area contributed by atoms with E-state index in [1.807, 2.05) is 13.0 Å². The Bertz CT molecular complexity index is 847. The van der Waals surface area contributed by atoms with Gasteiger partial charge in [0.25, 0.3) is 0 Å². The number of phenols is 2. The van der Waals surface area contributed by atoms with Crippen molar-refractivity contribution in [3.8, 4) is 23.0 Å². The number of methoxy groups -OCH3 is 2. The van der Waals surface area contributed by atoms with Gasteiger partial charge in [-0.3, -0.25) is 4.79 Å². The lowest BCUT2D eigenvalue weighted by molar-refractivity contribution is -0.141. The number of rotatable bonds is 6. The molecule has 0 spiro atoms. The molecule has 0 aliphatic carbocycles. The zero-order chi connectivity index (χ0) is 19.6. The number of cyclic esters (lactones) is 1. The number of aromatic hydroxyl groups is 2. The first kappa shape index (κ1) is 18.9. The van der Waals surface area contributed by atoms with Gasteiger partial charge in [-0.2, -0.15) is 0 Å². The largest absolute Gasteiger partial charge is 0.504 e. The molecule has 1 aliphatic rings. The van der Waals surface area contributed by atoms with E-state index in [-0.39, 0.29) is 23.4 Å². The van der Waals surface area contributed by atoms with Gasteiger partial charge in [0.2, 0.25) is 0 Å². The smallest absolute Gasteiger partial charge is 0.309 e. The molecular weight excluding hydrogens is 348 g/mol. The van der Waals surface area contributed by atoms with Gasteiger partial charge in [-0.05, 0) is 48.2 Å². The second-order valence-electron chi connectivity index (χ2n) is 7.21. The monoisotopic (exact) mass is 372 g/mol. The summed E-state index contributed by atoms with van der Waals surface area (Å²) in [6, 6.07) is 10.3. The minimum atomic E-state index is -0.399. The van der Waals surface area contributed by atoms with Crippen LogP contribution in [0.3, 0.4) is 0 Å². The van der Waals surface area contributed by atoms with Crippen LogP contribution in [-0.4, -0.2) is 37.0 Å². The van der Waals surface area contributed by atoms with Crippen LogP contribution in [0.4, 0.5) is 0 Å². The molecule has 0 amide bonds. The SMILES string of the molecule is COc1cc(C[C@H]2C(=O)OC[C@@]2(C)Cc2ccc(O)c(OC)c2)ccc1O. The summed E-state index contributed by atoms with van der Waals surface area (Å²) in [6.07, 6.45) is 1.09. The van der Waals surface area contributed by atoms with Gasteiger partial charge < -0.3 is 24.4 Å². The average molecular weight is 372 g/mol. The molecule has 0 unspecified atom stereocenters. The first-order valence-electron chi connectivity index (χ1n) is 8.74. The van der Waals surface area contributed by atoms with E-state index in [2.05, 4.69) is 0 Å². The number of esters is 1. The van der Waals surface area contributed by atoms with Gasteiger partial charge in [0.15, 0.2) is 23.0 Å². The number of carbonyl (C=O) groups is 1. The summed E-state index contributed by atoms with van der Waals surface area (Å²) in [5.41, 5.74) is 1.45. The van der Waals surface area contributed by atoms with E-state index in [0.717, 1.165) is 11.1 Å². The predicted octanol–water partition coefficient (Wildman–Crippen LogP) is 3.08. The van der Waals surface area contributed by atoms with Crippen molar-refractivity contribution < 1.29 is 29.2 Å². The third kappa shape index (κ3) is 3.79. The minimum absolute atomic E-state index is 0.0641. The first-order valence-corrected chi connectivity index (χ1v) is 8.74. The summed E-state index contributed by atoms with van der Waals surface area (Å²) in [5.74, 6) is 0.374. The number of carbonyl (C=O) groups excluding carboxylic acids is 1. The van der Waals surface area contributed by atoms with E-state index in [0.29, 0.717) is 30.9 Å². The van der Waals surface area contributed by atoms with Crippen LogP contribution in [0, 0.1) is 11.3 Å². The van der Waals surface area contributed by atoms with Gasteiger partial charge >= 0.3 is 5.97 Å². The molecule has 1 fully saturated rings. The molecule has 2 atom stereocenters. The Morgan fingerprint density at radius 2 is 1.59 bits per heavy atom. The van der Waals surface area contributed by atoms with Crippen molar-refractivity contribution in [1.82, 2.24) is 0 Å². The van der Waals surface area contributed by atoms with Crippen LogP contribution in [0.15, 0.2) is 36.4 Å². The Morgan fingerprint density at radius 1 is 1.04 bits per heavy atom. The van der Waals surface area contributed by atoms with Crippen LogP contribution in [0.1, 0.15) is 18.1 Å². The van der Waals surface area contributed by atoms with Gasteiger partial charge in [-0.15, -0.1) is 0 Å². The van der Waals surface area contributed by atoms with Crippen LogP contribution >= 0.6 is 0 Å². The molecule has 3 rings (SSSR count). The molecule has 6 nitrogen and oxygen atoms in total. The average Bonchev–Trinajstić information content (AvgIpc) is 2.93. The molecule has 0 radical (unpaired) electrons. The highest BCUT2D eigenvalue weighted by atomic mass is 16.5. The molecule has 1 heterocycles. The molecule has 0 aromatic heterocycles. The molecule has 1 aliphatic heterocycles. The molecule has 144 valence electrons. The van der Waals surface area contributed by atoms with Crippen LogP contribution in [-0.2, 0) is 22.4 Å². The fourth-order valence-electron chi connectivity index (χ4n) is 3.61. The third-order valence-corrected chi connectivity index (χ3v) is 5.21. The second kappa shape index (κ2) is 7.39. The normalized spacial score (nSPS) is 21.7. The number of benzene rings is 2. The van der Waals surface area contributed by atoms with E-state index >= 15 is 0 Å². The molecule has 0 bridgehead atoms. The standard InChI is InChI=1S/C21H24O6/c1-21(11-14-5-7-17(23)19(10-14)26-3)12-27-20(24)15(21)8-13-4-6-16(22)18(9-13)25-2/h4-7,9-10,15,22-23H,8,11-12H2,1-3H3/t15-,21+/m0/s1. The molecular formula is C21H24O6. The quantitative estimate of drug-likeness (QED) is 0.758. The lowest BCUT2D eigenvalue weighted by Gasteiger charge is -2.28. The minimum Gasteiger partial charge on any atom is -0.504 e. The van der Waals surface area contributed by atoms with E-state index < -0.39 is 5.41 Å². The number of hydrogen-bond donors (Lipinski definition) is 2. The Balaban J connectivity index is 1.84. The Hall–Kier alpha value is -2.89. The van der Waals surface area contributed by atoms with Crippen molar-refractivity contribution in [3.63, 3.8) is 0 Å². The molecule has 6 heteroatoms. The van der Waals surface area contributed by atoms with Gasteiger partial charge in [0, 0.05) is 5.41 Å². The van der Waals surface area contributed by atoms with Crippen LogP contribution in [0.5, 0.6) is 23.0 Å². The van der Waals surface area contributed by atoms with Crippen molar-refractivity contribution in [2.45, 2.75) is 19.8 Å². The number of hydrogen-bond acceptors (Lipinski definition) is 6. The summed E-state index contributed by atoms with van der Waals surface area (Å²) in [4.78, 5) is 12.4. The Morgan fingerprint density at radius 3 is 2.19 bits per heavy atom. The van der Waals surface area contributed by atoms with Crippen molar-refractivity contribution in [1.29, 1.82) is 0 Å². The third-order valence-electron chi connectivity index (χ3n) is 5.21. The summed E-state index contributed by atoms with van der Waals surface area (Å²) >= 11 is 0. The number of phenolic OH excluding ortho intramolecular Hbond substituents is 2. The second-order valence-corrected chi connectivity index (χ2v) is 7.21. The maximum absolute atomic E-state index is 12.4. The highest BCUT2D eigenvalue weighted by Crippen LogP contribution is 2.42. The summed E-state index contributed by atoms with van der Waals surface area (Å²) in [5, 5.41) is 19.6. The van der Waals surface area contributed by atoms with Crippen LogP contribution in [0.2, 0.25) is 0 Å². The zero-order valence-electron chi connectivity index (χ0n) is 15.7. The van der Waals surface area contributed by atoms with Gasteiger partial charge in [-0.1, -0.05) is 19.1 Å². The van der Waals surface area contributed by atoms with Crippen molar-refractivity contribution in [2.24, 2.45) is 11.3 Å². The fourth-order valence-corrected chi connectivity index (χ4v) is 3.61.